The van der Waals surface area contributed by atoms with Crippen LogP contribution < -0.4 is 10.6 Å². The predicted molar refractivity (Wildman–Crippen MR) is 86.1 cm³/mol. The summed E-state index contributed by atoms with van der Waals surface area (Å²) in [4.78, 5) is 1.98. The fraction of sp³-hybridized carbons (Fsp3) is 0.312. The summed E-state index contributed by atoms with van der Waals surface area (Å²) in [6, 6.07) is 11.6. The van der Waals surface area contributed by atoms with E-state index in [0.717, 1.165) is 22.0 Å². The fourth-order valence-corrected chi connectivity index (χ4v) is 2.51. The first-order valence-electron chi connectivity index (χ1n) is 6.79. The summed E-state index contributed by atoms with van der Waals surface area (Å²) in [6.07, 6.45) is -0.550. The molecule has 0 saturated carbocycles. The lowest BCUT2D eigenvalue weighted by Gasteiger charge is -2.24. The number of hydrogen-bond acceptors (Lipinski definition) is 4. The third kappa shape index (κ3) is 3.32. The number of nitrogens with zero attached hydrogens (tertiary/aromatic N) is 1. The van der Waals surface area contributed by atoms with Gasteiger partial charge in [-0.2, -0.15) is 0 Å². The van der Waals surface area contributed by atoms with Gasteiger partial charge < -0.3 is 20.5 Å². The molecule has 0 aromatic heterocycles. The van der Waals surface area contributed by atoms with Crippen molar-refractivity contribution in [2.45, 2.75) is 6.10 Å². The van der Waals surface area contributed by atoms with E-state index in [1.165, 1.54) is 0 Å². The highest BCUT2D eigenvalue weighted by atomic mass is 16.5. The first kappa shape index (κ1) is 15.3. The molecule has 1 unspecified atom stereocenters. The second-order valence-corrected chi connectivity index (χ2v) is 5.08. The van der Waals surface area contributed by atoms with Gasteiger partial charge in [0, 0.05) is 37.3 Å². The van der Waals surface area contributed by atoms with Crippen LogP contribution in [0.15, 0.2) is 36.4 Å². The number of nitrogens with one attached hydrogen (secondary N) is 1. The standard InChI is InChI=1S/C16H21N3O2/c1-19(9-11(20)10-21-2)15-8-7-14(16(17)18)12-5-3-4-6-13(12)15/h3-8,11,20H,9-10H2,1-2H3,(H3,17,18). The molecule has 0 aliphatic carbocycles. The Balaban J connectivity index is 2.41. The number of fused-ring (bicyclic) bond motifs is 1. The largest absolute Gasteiger partial charge is 0.389 e. The second kappa shape index (κ2) is 6.56. The van der Waals surface area contributed by atoms with Crippen molar-refractivity contribution in [3.8, 4) is 0 Å². The summed E-state index contributed by atoms with van der Waals surface area (Å²) in [6.45, 7) is 0.769. The van der Waals surface area contributed by atoms with Crippen LogP contribution >= 0.6 is 0 Å². The van der Waals surface area contributed by atoms with E-state index in [2.05, 4.69) is 0 Å². The van der Waals surface area contributed by atoms with Gasteiger partial charge >= 0.3 is 0 Å². The molecule has 0 aliphatic rings. The van der Waals surface area contributed by atoms with Crippen LogP contribution in [0.3, 0.4) is 0 Å². The molecular weight excluding hydrogens is 266 g/mol. The van der Waals surface area contributed by atoms with Crippen LogP contribution in [0.4, 0.5) is 5.69 Å². The van der Waals surface area contributed by atoms with Crippen LogP contribution in [0.1, 0.15) is 5.56 Å². The minimum absolute atomic E-state index is 0.0554. The molecule has 5 heteroatoms. The normalized spacial score (nSPS) is 12.3. The van der Waals surface area contributed by atoms with Crippen LogP contribution in [0.2, 0.25) is 0 Å². The van der Waals surface area contributed by atoms with Gasteiger partial charge in [-0.1, -0.05) is 24.3 Å². The van der Waals surface area contributed by atoms with Crippen LogP contribution in [0, 0.1) is 5.41 Å². The predicted octanol–water partition coefficient (Wildman–Crippen LogP) is 1.57. The Bertz CT molecular complexity index is 642. The van der Waals surface area contributed by atoms with Crippen molar-refractivity contribution in [1.29, 1.82) is 5.41 Å². The van der Waals surface area contributed by atoms with E-state index in [0.29, 0.717) is 13.2 Å². The van der Waals surface area contributed by atoms with E-state index < -0.39 is 6.10 Å². The van der Waals surface area contributed by atoms with Crippen molar-refractivity contribution in [3.63, 3.8) is 0 Å². The molecule has 2 aromatic carbocycles. The number of aliphatic hydroxyl groups is 1. The van der Waals surface area contributed by atoms with E-state index in [-0.39, 0.29) is 5.84 Å². The van der Waals surface area contributed by atoms with Gasteiger partial charge in [0.15, 0.2) is 0 Å². The van der Waals surface area contributed by atoms with Crippen molar-refractivity contribution in [3.05, 3.63) is 42.0 Å². The van der Waals surface area contributed by atoms with Gasteiger partial charge in [0.05, 0.1) is 12.7 Å². The van der Waals surface area contributed by atoms with Crippen LogP contribution in [0.25, 0.3) is 10.8 Å². The van der Waals surface area contributed by atoms with Crippen molar-refractivity contribution in [1.82, 2.24) is 0 Å². The number of nitrogens with two attached hydrogens (primary N) is 1. The average molecular weight is 287 g/mol. The SMILES string of the molecule is COCC(O)CN(C)c1ccc(C(=N)N)c2ccccc12. The number of anilines is 1. The first-order valence-corrected chi connectivity index (χ1v) is 6.79. The maximum absolute atomic E-state index is 9.88. The summed E-state index contributed by atoms with van der Waals surface area (Å²) in [5.41, 5.74) is 7.35. The summed E-state index contributed by atoms with van der Waals surface area (Å²) < 4.78 is 4.96. The van der Waals surface area contributed by atoms with Gasteiger partial charge in [-0.15, -0.1) is 0 Å². The molecule has 0 heterocycles. The zero-order valence-corrected chi connectivity index (χ0v) is 12.3. The zero-order valence-electron chi connectivity index (χ0n) is 12.3. The highest BCUT2D eigenvalue weighted by molar-refractivity contribution is 6.10. The minimum Gasteiger partial charge on any atom is -0.389 e. The Labute approximate surface area is 124 Å². The molecule has 0 bridgehead atoms. The van der Waals surface area contributed by atoms with Crippen molar-refractivity contribution in [2.24, 2.45) is 5.73 Å². The number of aliphatic hydroxyl groups excluding tert-OH is 1. The van der Waals surface area contributed by atoms with E-state index >= 15 is 0 Å². The summed E-state index contributed by atoms with van der Waals surface area (Å²) in [5, 5.41) is 19.5. The molecule has 0 aliphatic heterocycles. The first-order chi connectivity index (χ1) is 10.0. The molecule has 1 atom stereocenters. The number of ether oxygens (including phenoxy) is 1. The van der Waals surface area contributed by atoms with Crippen molar-refractivity contribution < 1.29 is 9.84 Å². The number of benzene rings is 2. The smallest absolute Gasteiger partial charge is 0.123 e. The molecule has 112 valence electrons. The molecule has 0 spiro atoms. The molecular formula is C16H21N3O2. The van der Waals surface area contributed by atoms with Gasteiger partial charge in [-0.3, -0.25) is 5.41 Å². The number of methoxy groups -OCH3 is 1. The Morgan fingerprint density at radius 3 is 2.57 bits per heavy atom. The Morgan fingerprint density at radius 1 is 1.29 bits per heavy atom. The molecule has 0 amide bonds. The maximum atomic E-state index is 9.88. The summed E-state index contributed by atoms with van der Waals surface area (Å²) in [7, 11) is 3.49. The highest BCUT2D eigenvalue weighted by Gasteiger charge is 2.13. The lowest BCUT2D eigenvalue weighted by molar-refractivity contribution is 0.0695. The second-order valence-electron chi connectivity index (χ2n) is 5.08. The Hall–Kier alpha value is -2.11. The lowest BCUT2D eigenvalue weighted by Crippen LogP contribution is -2.32. The van der Waals surface area contributed by atoms with E-state index in [9.17, 15) is 5.11 Å². The van der Waals surface area contributed by atoms with Gasteiger partial charge in [0.2, 0.25) is 0 Å². The monoisotopic (exact) mass is 287 g/mol. The number of rotatable bonds is 6. The van der Waals surface area contributed by atoms with Gasteiger partial charge in [-0.05, 0) is 17.5 Å². The van der Waals surface area contributed by atoms with Crippen LogP contribution in [0.5, 0.6) is 0 Å². The zero-order chi connectivity index (χ0) is 15.4. The molecule has 21 heavy (non-hydrogen) atoms. The van der Waals surface area contributed by atoms with Gasteiger partial charge in [-0.25, -0.2) is 0 Å². The quantitative estimate of drug-likeness (QED) is 0.556. The molecule has 0 fully saturated rings. The van der Waals surface area contributed by atoms with E-state index in [1.54, 1.807) is 7.11 Å². The number of hydrogen-bond donors (Lipinski definition) is 3. The Kier molecular flexibility index (Phi) is 4.77. The van der Waals surface area contributed by atoms with Crippen LogP contribution in [-0.4, -0.2) is 44.4 Å². The topological polar surface area (TPSA) is 82.6 Å². The van der Waals surface area contributed by atoms with Crippen molar-refractivity contribution >= 4 is 22.3 Å². The average Bonchev–Trinajstić information content (AvgIpc) is 2.45. The minimum atomic E-state index is -0.550. The number of amidine groups is 1. The fourth-order valence-electron chi connectivity index (χ4n) is 2.51. The summed E-state index contributed by atoms with van der Waals surface area (Å²) in [5.74, 6) is 0.0554. The van der Waals surface area contributed by atoms with Crippen LogP contribution in [-0.2, 0) is 4.74 Å². The molecule has 0 saturated heterocycles. The molecule has 5 nitrogen and oxygen atoms in total. The third-order valence-electron chi connectivity index (χ3n) is 3.45. The lowest BCUT2D eigenvalue weighted by atomic mass is 10.0. The molecule has 2 rings (SSSR count). The molecule has 2 aromatic rings. The molecule has 4 N–H and O–H groups in total. The van der Waals surface area contributed by atoms with Gasteiger partial charge in [0.25, 0.3) is 0 Å². The Morgan fingerprint density at radius 2 is 1.95 bits per heavy atom. The highest BCUT2D eigenvalue weighted by Crippen LogP contribution is 2.28. The van der Waals surface area contributed by atoms with E-state index in [4.69, 9.17) is 15.9 Å². The third-order valence-corrected chi connectivity index (χ3v) is 3.45. The van der Waals surface area contributed by atoms with Gasteiger partial charge in [0.1, 0.15) is 5.84 Å². The van der Waals surface area contributed by atoms with Crippen molar-refractivity contribution in [2.75, 3.05) is 32.2 Å². The van der Waals surface area contributed by atoms with E-state index in [1.807, 2.05) is 48.3 Å². The summed E-state index contributed by atoms with van der Waals surface area (Å²) >= 11 is 0. The number of likely N-dealkylation sites (N-methyl/N-ethyl adjacent to an activating group) is 1. The molecule has 0 radical (unpaired) electrons. The maximum Gasteiger partial charge on any atom is 0.123 e. The number of nitrogen functional groups attached to an aromatic ring is 1.